The summed E-state index contributed by atoms with van der Waals surface area (Å²) in [6.45, 7) is 3.60. The lowest BCUT2D eigenvalue weighted by Crippen LogP contribution is -2.21. The molecule has 1 N–H and O–H groups in total. The lowest BCUT2D eigenvalue weighted by atomic mass is 10.2. The standard InChI is InChI=1S/C21H18Cl2N2O3/c1-13-6-7-14(2)25(13)16-10-8-15(9-11-16)21(27)28-12-19(26)24-18-5-3-4-17(22)20(18)23/h3-11H,12H2,1-2H3,(H,24,26). The van der Waals surface area contributed by atoms with Gasteiger partial charge in [-0.05, 0) is 62.4 Å². The maximum atomic E-state index is 12.2. The van der Waals surface area contributed by atoms with E-state index in [0.29, 0.717) is 16.3 Å². The van der Waals surface area contributed by atoms with E-state index in [1.165, 1.54) is 0 Å². The Morgan fingerprint density at radius 3 is 2.25 bits per heavy atom. The normalized spacial score (nSPS) is 10.6. The first kappa shape index (κ1) is 20.0. The van der Waals surface area contributed by atoms with Crippen LogP contribution in [0.4, 0.5) is 5.69 Å². The van der Waals surface area contributed by atoms with E-state index in [4.69, 9.17) is 27.9 Å². The largest absolute Gasteiger partial charge is 0.452 e. The van der Waals surface area contributed by atoms with Gasteiger partial charge in [0.1, 0.15) is 0 Å². The number of hydrogen-bond donors (Lipinski definition) is 1. The number of carbonyl (C=O) groups is 2. The van der Waals surface area contributed by atoms with E-state index >= 15 is 0 Å². The number of halogens is 2. The molecule has 3 rings (SSSR count). The Kier molecular flexibility index (Phi) is 6.07. The monoisotopic (exact) mass is 416 g/mol. The number of rotatable bonds is 5. The highest BCUT2D eigenvalue weighted by molar-refractivity contribution is 6.44. The zero-order valence-electron chi connectivity index (χ0n) is 15.3. The fraction of sp³-hybridized carbons (Fsp3) is 0.143. The third kappa shape index (κ3) is 4.38. The van der Waals surface area contributed by atoms with Crippen LogP contribution in [0.2, 0.25) is 10.0 Å². The van der Waals surface area contributed by atoms with Crippen molar-refractivity contribution in [2.75, 3.05) is 11.9 Å². The van der Waals surface area contributed by atoms with Crippen molar-refractivity contribution in [3.8, 4) is 5.69 Å². The highest BCUT2D eigenvalue weighted by atomic mass is 35.5. The molecule has 0 atom stereocenters. The smallest absolute Gasteiger partial charge is 0.338 e. The fourth-order valence-corrected chi connectivity index (χ4v) is 3.17. The van der Waals surface area contributed by atoms with Crippen LogP contribution >= 0.6 is 23.2 Å². The number of nitrogens with one attached hydrogen (secondary N) is 1. The Labute approximate surface area is 172 Å². The van der Waals surface area contributed by atoms with E-state index in [0.717, 1.165) is 17.1 Å². The minimum absolute atomic E-state index is 0.232. The third-order valence-electron chi connectivity index (χ3n) is 4.19. The van der Waals surface area contributed by atoms with Crippen molar-refractivity contribution < 1.29 is 14.3 Å². The van der Waals surface area contributed by atoms with Gasteiger partial charge in [-0.3, -0.25) is 4.79 Å². The number of hydrogen-bond acceptors (Lipinski definition) is 3. The second-order valence-electron chi connectivity index (χ2n) is 6.22. The van der Waals surface area contributed by atoms with Gasteiger partial charge in [0.05, 0.1) is 21.3 Å². The van der Waals surface area contributed by atoms with Crippen LogP contribution in [0, 0.1) is 13.8 Å². The van der Waals surface area contributed by atoms with Crippen LogP contribution in [-0.2, 0) is 9.53 Å². The molecule has 144 valence electrons. The number of carbonyl (C=O) groups excluding carboxylic acids is 2. The molecule has 0 saturated heterocycles. The summed E-state index contributed by atoms with van der Waals surface area (Å²) < 4.78 is 7.16. The second kappa shape index (κ2) is 8.50. The first-order chi connectivity index (χ1) is 13.4. The Hall–Kier alpha value is -2.76. The molecular formula is C21H18Cl2N2O3. The van der Waals surface area contributed by atoms with Gasteiger partial charge >= 0.3 is 5.97 Å². The molecule has 3 aromatic rings. The third-order valence-corrected chi connectivity index (χ3v) is 5.01. The fourth-order valence-electron chi connectivity index (χ4n) is 2.82. The summed E-state index contributed by atoms with van der Waals surface area (Å²) in [4.78, 5) is 24.2. The van der Waals surface area contributed by atoms with E-state index < -0.39 is 18.5 Å². The molecule has 1 amide bonds. The zero-order valence-corrected chi connectivity index (χ0v) is 16.8. The number of anilines is 1. The van der Waals surface area contributed by atoms with Gasteiger partial charge < -0.3 is 14.6 Å². The van der Waals surface area contributed by atoms with Gasteiger partial charge in [-0.1, -0.05) is 29.3 Å². The first-order valence-electron chi connectivity index (χ1n) is 8.53. The molecule has 5 nitrogen and oxygen atoms in total. The van der Waals surface area contributed by atoms with Gasteiger partial charge in [0.25, 0.3) is 5.91 Å². The molecule has 28 heavy (non-hydrogen) atoms. The molecule has 0 aliphatic carbocycles. The van der Waals surface area contributed by atoms with Gasteiger partial charge in [0, 0.05) is 17.1 Å². The zero-order chi connectivity index (χ0) is 20.3. The Morgan fingerprint density at radius 2 is 1.61 bits per heavy atom. The van der Waals surface area contributed by atoms with Crippen LogP contribution in [0.25, 0.3) is 5.69 Å². The summed E-state index contributed by atoms with van der Waals surface area (Å²) in [6.07, 6.45) is 0. The summed E-state index contributed by atoms with van der Waals surface area (Å²) in [5.41, 5.74) is 3.87. The molecule has 0 radical (unpaired) electrons. The van der Waals surface area contributed by atoms with E-state index in [1.54, 1.807) is 30.3 Å². The van der Waals surface area contributed by atoms with E-state index in [2.05, 4.69) is 9.88 Å². The summed E-state index contributed by atoms with van der Waals surface area (Å²) in [6, 6.07) is 15.9. The molecule has 1 heterocycles. The SMILES string of the molecule is Cc1ccc(C)n1-c1ccc(C(=O)OCC(=O)Nc2cccc(Cl)c2Cl)cc1. The summed E-state index contributed by atoms with van der Waals surface area (Å²) in [7, 11) is 0. The van der Waals surface area contributed by atoms with Crippen molar-refractivity contribution in [1.29, 1.82) is 0 Å². The average Bonchev–Trinajstić information content (AvgIpc) is 3.02. The molecular weight excluding hydrogens is 399 g/mol. The van der Waals surface area contributed by atoms with Crippen molar-refractivity contribution in [3.63, 3.8) is 0 Å². The average molecular weight is 417 g/mol. The van der Waals surface area contributed by atoms with Crippen LogP contribution in [0.1, 0.15) is 21.7 Å². The van der Waals surface area contributed by atoms with Crippen LogP contribution in [0.3, 0.4) is 0 Å². The van der Waals surface area contributed by atoms with Crippen molar-refractivity contribution in [2.24, 2.45) is 0 Å². The summed E-state index contributed by atoms with van der Waals surface area (Å²) in [5.74, 6) is -1.09. The first-order valence-corrected chi connectivity index (χ1v) is 9.29. The number of amides is 1. The maximum absolute atomic E-state index is 12.2. The van der Waals surface area contributed by atoms with Crippen molar-refractivity contribution in [3.05, 3.63) is 81.6 Å². The summed E-state index contributed by atoms with van der Waals surface area (Å²) >= 11 is 11.9. The van der Waals surface area contributed by atoms with E-state index in [-0.39, 0.29) is 5.02 Å². The van der Waals surface area contributed by atoms with E-state index in [9.17, 15) is 9.59 Å². The minimum Gasteiger partial charge on any atom is -0.452 e. The molecule has 0 unspecified atom stereocenters. The quantitative estimate of drug-likeness (QED) is 0.581. The van der Waals surface area contributed by atoms with Crippen molar-refractivity contribution in [1.82, 2.24) is 4.57 Å². The topological polar surface area (TPSA) is 60.3 Å². The van der Waals surface area contributed by atoms with Crippen LogP contribution in [0.5, 0.6) is 0 Å². The van der Waals surface area contributed by atoms with Gasteiger partial charge in [0.15, 0.2) is 6.61 Å². The number of aromatic nitrogens is 1. The highest BCUT2D eigenvalue weighted by Crippen LogP contribution is 2.29. The molecule has 0 fully saturated rings. The van der Waals surface area contributed by atoms with Gasteiger partial charge in [-0.2, -0.15) is 0 Å². The lowest BCUT2D eigenvalue weighted by molar-refractivity contribution is -0.119. The second-order valence-corrected chi connectivity index (χ2v) is 7.01. The Balaban J connectivity index is 1.60. The highest BCUT2D eigenvalue weighted by Gasteiger charge is 2.13. The Bertz CT molecular complexity index is 1010. The molecule has 7 heteroatoms. The predicted octanol–water partition coefficient (Wildman–Crippen LogP) is 5.20. The maximum Gasteiger partial charge on any atom is 0.338 e. The molecule has 2 aromatic carbocycles. The predicted molar refractivity (Wildman–Crippen MR) is 111 cm³/mol. The molecule has 0 spiro atoms. The molecule has 0 bridgehead atoms. The molecule has 1 aromatic heterocycles. The number of benzene rings is 2. The summed E-state index contributed by atoms with van der Waals surface area (Å²) in [5, 5.41) is 3.12. The number of aryl methyl sites for hydroxylation is 2. The van der Waals surface area contributed by atoms with Crippen LogP contribution in [-0.4, -0.2) is 23.1 Å². The number of esters is 1. The number of ether oxygens (including phenoxy) is 1. The molecule has 0 saturated carbocycles. The van der Waals surface area contributed by atoms with Gasteiger partial charge in [0.2, 0.25) is 0 Å². The Morgan fingerprint density at radius 1 is 0.964 bits per heavy atom. The van der Waals surface area contributed by atoms with Crippen molar-refractivity contribution in [2.45, 2.75) is 13.8 Å². The number of nitrogens with zero attached hydrogens (tertiary/aromatic N) is 1. The van der Waals surface area contributed by atoms with Gasteiger partial charge in [-0.15, -0.1) is 0 Å². The van der Waals surface area contributed by atoms with E-state index in [1.807, 2.05) is 38.1 Å². The molecule has 0 aliphatic rings. The van der Waals surface area contributed by atoms with Crippen molar-refractivity contribution >= 4 is 40.8 Å². The van der Waals surface area contributed by atoms with Crippen LogP contribution < -0.4 is 5.32 Å². The van der Waals surface area contributed by atoms with Gasteiger partial charge in [-0.25, -0.2) is 4.79 Å². The molecule has 0 aliphatic heterocycles. The lowest BCUT2D eigenvalue weighted by Gasteiger charge is -2.11. The minimum atomic E-state index is -0.583. The van der Waals surface area contributed by atoms with Crippen LogP contribution in [0.15, 0.2) is 54.6 Å².